The van der Waals surface area contributed by atoms with Crippen LogP contribution in [0.2, 0.25) is 0 Å². The van der Waals surface area contributed by atoms with Crippen LogP contribution < -0.4 is 5.43 Å². The van der Waals surface area contributed by atoms with Crippen molar-refractivity contribution in [2.24, 2.45) is 0 Å². The molecule has 11 heavy (non-hydrogen) atoms. The van der Waals surface area contributed by atoms with E-state index in [4.69, 9.17) is 0 Å². The van der Waals surface area contributed by atoms with Gasteiger partial charge in [-0.3, -0.25) is 0 Å². The highest BCUT2D eigenvalue weighted by atomic mass is 19.3. The van der Waals surface area contributed by atoms with Gasteiger partial charge in [0.1, 0.15) is 0 Å². The maximum atomic E-state index is 12.8. The summed E-state index contributed by atoms with van der Waals surface area (Å²) in [5, 5.41) is 0.975. The molecule has 0 aromatic carbocycles. The summed E-state index contributed by atoms with van der Waals surface area (Å²) in [4.78, 5) is 0. The maximum absolute atomic E-state index is 12.8. The topological polar surface area (TPSA) is 25.0 Å². The molecule has 0 saturated carbocycles. The fourth-order valence-corrected chi connectivity index (χ4v) is 0.989. The van der Waals surface area contributed by atoms with Gasteiger partial charge in [-0.2, -0.15) is 13.8 Å². The Morgan fingerprint density at radius 3 is 2.55 bits per heavy atom. The number of hydrogen-bond donors (Lipinski definition) is 1. The average molecular weight is 164 g/mol. The van der Waals surface area contributed by atoms with E-state index < -0.39 is 6.05 Å². The van der Waals surface area contributed by atoms with Gasteiger partial charge in [0, 0.05) is 6.42 Å². The minimum atomic E-state index is -2.62. The van der Waals surface area contributed by atoms with Crippen molar-refractivity contribution in [1.82, 2.24) is 10.4 Å². The predicted octanol–water partition coefficient (Wildman–Crippen LogP) is 1.94. The molecule has 1 unspecified atom stereocenters. The zero-order chi connectivity index (χ0) is 8.32. The van der Waals surface area contributed by atoms with E-state index in [0.717, 1.165) is 17.9 Å². The summed E-state index contributed by atoms with van der Waals surface area (Å²) in [6.45, 7) is 2.34. The minimum absolute atomic E-state index is 0.0200. The molecular weight excluding hydrogens is 150 g/mol. The van der Waals surface area contributed by atoms with Gasteiger partial charge in [0.05, 0.1) is 6.67 Å². The van der Waals surface area contributed by atoms with Crippen molar-refractivity contribution in [2.45, 2.75) is 38.7 Å². The van der Waals surface area contributed by atoms with Gasteiger partial charge in [0.2, 0.25) is 0 Å². The van der Waals surface area contributed by atoms with Crippen LogP contribution in [0.3, 0.4) is 0 Å². The van der Waals surface area contributed by atoms with Gasteiger partial charge in [0.25, 0.3) is 0 Å². The molecule has 1 atom stereocenters. The van der Waals surface area contributed by atoms with Crippen molar-refractivity contribution in [3.05, 3.63) is 0 Å². The Morgan fingerprint density at radius 2 is 2.09 bits per heavy atom. The Kier molecular flexibility index (Phi) is 2.78. The number of unbranched alkanes of at least 4 members (excludes halogenated alkanes) is 2. The highest BCUT2D eigenvalue weighted by molar-refractivity contribution is 4.72. The fourth-order valence-electron chi connectivity index (χ4n) is 0.989. The van der Waals surface area contributed by atoms with Crippen molar-refractivity contribution in [1.29, 1.82) is 0 Å². The second-order valence-corrected chi connectivity index (χ2v) is 2.87. The highest BCUT2D eigenvalue weighted by Crippen LogP contribution is 2.28. The summed E-state index contributed by atoms with van der Waals surface area (Å²) >= 11 is 0. The Morgan fingerprint density at radius 1 is 1.45 bits per heavy atom. The van der Waals surface area contributed by atoms with Crippen LogP contribution in [0.5, 0.6) is 0 Å². The molecule has 0 bridgehead atoms. The fraction of sp³-hybridized carbons (Fsp3) is 1.00. The molecule has 2 nitrogen and oxygen atoms in total. The summed E-state index contributed by atoms with van der Waals surface area (Å²) < 4.78 is 25.6. The number of nitrogens with one attached hydrogen (secondary N) is 1. The molecule has 4 heteroatoms. The van der Waals surface area contributed by atoms with Crippen LogP contribution in [0.15, 0.2) is 0 Å². The maximum Gasteiger partial charge on any atom is 0.318 e. The highest BCUT2D eigenvalue weighted by Gasteiger charge is 2.42. The van der Waals surface area contributed by atoms with Gasteiger partial charge in [-0.1, -0.05) is 19.8 Å². The van der Waals surface area contributed by atoms with E-state index in [2.05, 4.69) is 5.43 Å². The minimum Gasteiger partial charge on any atom is -0.233 e. The lowest BCUT2D eigenvalue weighted by Crippen LogP contribution is -2.28. The third kappa shape index (κ3) is 2.71. The molecule has 1 saturated heterocycles. The first-order chi connectivity index (χ1) is 5.17. The molecule has 1 rings (SSSR count). The molecule has 0 aliphatic carbocycles. The third-order valence-corrected chi connectivity index (χ3v) is 1.79. The Labute approximate surface area is 65.5 Å². The van der Waals surface area contributed by atoms with Crippen LogP contribution in [0.1, 0.15) is 32.6 Å². The molecule has 0 amide bonds. The van der Waals surface area contributed by atoms with Gasteiger partial charge in [-0.15, -0.1) is 0 Å². The van der Waals surface area contributed by atoms with Gasteiger partial charge in [-0.25, -0.2) is 5.43 Å². The Hall–Kier alpha value is -0.220. The van der Waals surface area contributed by atoms with Crippen LogP contribution >= 0.6 is 0 Å². The van der Waals surface area contributed by atoms with E-state index in [1.54, 1.807) is 0 Å². The van der Waals surface area contributed by atoms with Crippen molar-refractivity contribution < 1.29 is 8.78 Å². The number of hydrogen-bond acceptors (Lipinski definition) is 2. The van der Waals surface area contributed by atoms with E-state index in [1.807, 2.05) is 6.92 Å². The molecule has 1 aliphatic heterocycles. The zero-order valence-electron chi connectivity index (χ0n) is 6.74. The smallest absolute Gasteiger partial charge is 0.233 e. The van der Waals surface area contributed by atoms with Crippen molar-refractivity contribution >= 4 is 0 Å². The molecular formula is C7H14F2N2. The lowest BCUT2D eigenvalue weighted by Gasteiger charge is -2.14. The Bertz CT molecular complexity index is 124. The lowest BCUT2D eigenvalue weighted by molar-refractivity contribution is -0.106. The Balaban J connectivity index is 2.12. The van der Waals surface area contributed by atoms with Crippen molar-refractivity contribution in [3.63, 3.8) is 0 Å². The second-order valence-electron chi connectivity index (χ2n) is 2.87. The molecule has 0 spiro atoms. The van der Waals surface area contributed by atoms with Gasteiger partial charge < -0.3 is 0 Å². The molecule has 0 aromatic heterocycles. The van der Waals surface area contributed by atoms with E-state index in [-0.39, 0.29) is 6.42 Å². The summed E-state index contributed by atoms with van der Waals surface area (Å²) in [5.41, 5.74) is 2.48. The summed E-state index contributed by atoms with van der Waals surface area (Å²) in [5.74, 6) is 0. The van der Waals surface area contributed by atoms with Gasteiger partial charge >= 0.3 is 6.05 Å². The first-order valence-corrected chi connectivity index (χ1v) is 4.06. The van der Waals surface area contributed by atoms with Crippen LogP contribution in [0.25, 0.3) is 0 Å². The predicted molar refractivity (Wildman–Crippen MR) is 38.9 cm³/mol. The summed E-state index contributed by atoms with van der Waals surface area (Å²) in [6.07, 6.45) is 2.47. The first-order valence-electron chi connectivity index (χ1n) is 4.06. The molecule has 1 N–H and O–H groups in total. The van der Waals surface area contributed by atoms with E-state index in [1.165, 1.54) is 0 Å². The van der Waals surface area contributed by atoms with E-state index >= 15 is 0 Å². The summed E-state index contributed by atoms with van der Waals surface area (Å²) in [6, 6.07) is -2.62. The van der Waals surface area contributed by atoms with E-state index in [0.29, 0.717) is 13.1 Å². The van der Waals surface area contributed by atoms with E-state index in [9.17, 15) is 8.78 Å². The molecule has 1 fully saturated rings. The van der Waals surface area contributed by atoms with Gasteiger partial charge in [-0.05, 0) is 6.42 Å². The molecule has 1 aliphatic rings. The number of rotatable bonds is 5. The molecule has 66 valence electrons. The third-order valence-electron chi connectivity index (χ3n) is 1.79. The first kappa shape index (κ1) is 8.87. The monoisotopic (exact) mass is 164 g/mol. The number of nitrogens with zero attached hydrogens (tertiary/aromatic N) is 1. The van der Waals surface area contributed by atoms with Crippen molar-refractivity contribution in [2.75, 3.05) is 6.67 Å². The van der Waals surface area contributed by atoms with Crippen LogP contribution in [-0.4, -0.2) is 17.7 Å². The molecule has 0 aromatic rings. The SMILES string of the molecule is CCCCCC(F)(F)N1CN1. The average Bonchev–Trinajstić information content (AvgIpc) is 2.68. The lowest BCUT2D eigenvalue weighted by atomic mass is 10.2. The van der Waals surface area contributed by atoms with Crippen molar-refractivity contribution in [3.8, 4) is 0 Å². The van der Waals surface area contributed by atoms with Gasteiger partial charge in [0.15, 0.2) is 0 Å². The molecule has 1 heterocycles. The zero-order valence-corrected chi connectivity index (χ0v) is 6.74. The van der Waals surface area contributed by atoms with Crippen LogP contribution in [0.4, 0.5) is 8.78 Å². The standard InChI is InChI=1S/C7H14F2N2/c1-2-3-4-5-7(8,9)11-6-10-11/h10H,2-6H2,1H3. The number of alkyl halides is 2. The van der Waals surface area contributed by atoms with Crippen LogP contribution in [-0.2, 0) is 0 Å². The number of halogens is 2. The van der Waals surface area contributed by atoms with Crippen LogP contribution in [0, 0.1) is 0 Å². The molecule has 0 radical (unpaired) electrons. The summed E-state index contributed by atoms with van der Waals surface area (Å²) in [7, 11) is 0. The second kappa shape index (κ2) is 3.45. The number of hydrazine groups is 1. The normalized spacial score (nSPS) is 23.7. The quantitative estimate of drug-likeness (QED) is 0.381. The largest absolute Gasteiger partial charge is 0.318 e.